The Balaban J connectivity index is 1.49. The van der Waals surface area contributed by atoms with Crippen LogP contribution in [0.25, 0.3) is 10.2 Å². The molecule has 0 radical (unpaired) electrons. The van der Waals surface area contributed by atoms with Crippen molar-refractivity contribution < 1.29 is 4.79 Å². The van der Waals surface area contributed by atoms with Crippen molar-refractivity contribution in [3.05, 3.63) is 49.6 Å². The lowest BCUT2D eigenvalue weighted by atomic mass is 9.89. The van der Waals surface area contributed by atoms with Crippen molar-refractivity contribution >= 4 is 56.5 Å². The van der Waals surface area contributed by atoms with E-state index in [9.17, 15) is 9.59 Å². The zero-order chi connectivity index (χ0) is 19.8. The molecule has 0 spiro atoms. The molecule has 4 rings (SSSR count). The van der Waals surface area contributed by atoms with E-state index in [4.69, 9.17) is 11.6 Å². The Hall–Kier alpha value is -1.83. The van der Waals surface area contributed by atoms with Crippen molar-refractivity contribution in [3.63, 3.8) is 0 Å². The number of thioether (sulfide) groups is 1. The fraction of sp³-hybridized carbons (Fsp3) is 0.350. The average molecular weight is 434 g/mol. The van der Waals surface area contributed by atoms with E-state index in [1.165, 1.54) is 22.2 Å². The quantitative estimate of drug-likeness (QED) is 0.457. The molecule has 146 valence electrons. The largest absolute Gasteiger partial charge is 0.325 e. The molecule has 2 heterocycles. The molecule has 0 saturated heterocycles. The standard InChI is InChI=1S/C20H20ClN3O2S2/c1-10-3-5-13-15(7-10)28-19-17(13)18(26)23-20(24-19)27-9-16(25)22-14-6-4-12(21)8-11(14)2/h4,6,8,10H,3,5,7,9H2,1-2H3,(H,22,25)(H,23,24,26)/t10-/m1/s1. The van der Waals surface area contributed by atoms with Crippen LogP contribution in [-0.2, 0) is 17.6 Å². The lowest BCUT2D eigenvalue weighted by Crippen LogP contribution is -2.16. The van der Waals surface area contributed by atoms with Gasteiger partial charge in [-0.25, -0.2) is 4.98 Å². The number of carbonyl (C=O) groups excluding carboxylic acids is 1. The molecule has 28 heavy (non-hydrogen) atoms. The van der Waals surface area contributed by atoms with Gasteiger partial charge in [-0.3, -0.25) is 9.59 Å². The third kappa shape index (κ3) is 3.97. The van der Waals surface area contributed by atoms with Crippen LogP contribution in [0.4, 0.5) is 5.69 Å². The minimum Gasteiger partial charge on any atom is -0.325 e. The third-order valence-electron chi connectivity index (χ3n) is 4.95. The number of anilines is 1. The number of rotatable bonds is 4. The molecule has 2 N–H and O–H groups in total. The van der Waals surface area contributed by atoms with Gasteiger partial charge in [0.15, 0.2) is 5.16 Å². The Bertz CT molecular complexity index is 1120. The predicted molar refractivity (Wildman–Crippen MR) is 117 cm³/mol. The molecule has 5 nitrogen and oxygen atoms in total. The lowest BCUT2D eigenvalue weighted by molar-refractivity contribution is -0.113. The van der Waals surface area contributed by atoms with E-state index in [1.807, 2.05) is 6.92 Å². The van der Waals surface area contributed by atoms with Crippen LogP contribution in [0.15, 0.2) is 28.2 Å². The number of benzene rings is 1. The summed E-state index contributed by atoms with van der Waals surface area (Å²) in [6, 6.07) is 5.32. The second kappa shape index (κ2) is 7.89. The van der Waals surface area contributed by atoms with Crippen LogP contribution in [0.2, 0.25) is 5.02 Å². The Kier molecular flexibility index (Phi) is 5.49. The number of nitrogens with one attached hydrogen (secondary N) is 2. The van der Waals surface area contributed by atoms with Crippen LogP contribution in [0, 0.1) is 12.8 Å². The molecular weight excluding hydrogens is 414 g/mol. The number of aromatic amines is 1. The van der Waals surface area contributed by atoms with Gasteiger partial charge in [-0.2, -0.15) is 0 Å². The smallest absolute Gasteiger partial charge is 0.260 e. The van der Waals surface area contributed by atoms with E-state index in [0.29, 0.717) is 16.1 Å². The molecule has 0 unspecified atom stereocenters. The number of aromatic nitrogens is 2. The summed E-state index contributed by atoms with van der Waals surface area (Å²) < 4.78 is 0. The van der Waals surface area contributed by atoms with Crippen LogP contribution in [0.1, 0.15) is 29.3 Å². The number of hydrogen-bond acceptors (Lipinski definition) is 5. The van der Waals surface area contributed by atoms with Gasteiger partial charge in [0.25, 0.3) is 5.56 Å². The monoisotopic (exact) mass is 433 g/mol. The summed E-state index contributed by atoms with van der Waals surface area (Å²) in [6.07, 6.45) is 3.07. The van der Waals surface area contributed by atoms with Crippen LogP contribution in [0.3, 0.4) is 0 Å². The van der Waals surface area contributed by atoms with Crippen molar-refractivity contribution in [2.75, 3.05) is 11.1 Å². The maximum absolute atomic E-state index is 12.6. The first kappa shape index (κ1) is 19.5. The highest BCUT2D eigenvalue weighted by atomic mass is 35.5. The van der Waals surface area contributed by atoms with E-state index in [1.54, 1.807) is 29.5 Å². The molecule has 0 bridgehead atoms. The van der Waals surface area contributed by atoms with Crippen LogP contribution >= 0.6 is 34.7 Å². The number of halogens is 1. The van der Waals surface area contributed by atoms with Gasteiger partial charge in [-0.1, -0.05) is 30.3 Å². The van der Waals surface area contributed by atoms with Gasteiger partial charge >= 0.3 is 0 Å². The number of aryl methyl sites for hydroxylation is 2. The molecule has 1 atom stereocenters. The molecule has 3 aromatic rings. The minimum absolute atomic E-state index is 0.103. The first-order chi connectivity index (χ1) is 13.4. The maximum atomic E-state index is 12.6. The Morgan fingerprint density at radius 3 is 3.07 bits per heavy atom. The fourth-order valence-corrected chi connectivity index (χ4v) is 5.81. The molecule has 1 amide bonds. The molecule has 1 aromatic carbocycles. The normalized spacial score (nSPS) is 16.2. The number of hydrogen-bond donors (Lipinski definition) is 2. The van der Waals surface area contributed by atoms with Crippen molar-refractivity contribution in [3.8, 4) is 0 Å². The number of amides is 1. The first-order valence-corrected chi connectivity index (χ1v) is 11.3. The highest BCUT2D eigenvalue weighted by Crippen LogP contribution is 2.36. The number of nitrogens with zero attached hydrogens (tertiary/aromatic N) is 1. The van der Waals surface area contributed by atoms with Gasteiger partial charge < -0.3 is 10.3 Å². The summed E-state index contributed by atoms with van der Waals surface area (Å²) in [6.45, 7) is 4.13. The number of carbonyl (C=O) groups is 1. The van der Waals surface area contributed by atoms with Crippen LogP contribution < -0.4 is 10.9 Å². The van der Waals surface area contributed by atoms with Gasteiger partial charge in [-0.15, -0.1) is 11.3 Å². The average Bonchev–Trinajstić information content (AvgIpc) is 3.00. The van der Waals surface area contributed by atoms with Crippen LogP contribution in [-0.4, -0.2) is 21.6 Å². The van der Waals surface area contributed by atoms with Crippen LogP contribution in [0.5, 0.6) is 0 Å². The summed E-state index contributed by atoms with van der Waals surface area (Å²) in [5.74, 6) is 0.657. The summed E-state index contributed by atoms with van der Waals surface area (Å²) in [7, 11) is 0. The highest BCUT2D eigenvalue weighted by Gasteiger charge is 2.23. The third-order valence-corrected chi connectivity index (χ3v) is 7.20. The SMILES string of the molecule is Cc1cc(Cl)ccc1NC(=O)CSc1nc2sc3c(c2c(=O)[nH]1)CC[C@@H](C)C3. The van der Waals surface area contributed by atoms with E-state index in [-0.39, 0.29) is 17.2 Å². The number of fused-ring (bicyclic) bond motifs is 3. The zero-order valence-electron chi connectivity index (χ0n) is 15.6. The van der Waals surface area contributed by atoms with E-state index < -0.39 is 0 Å². The van der Waals surface area contributed by atoms with Crippen molar-refractivity contribution in [1.29, 1.82) is 0 Å². The summed E-state index contributed by atoms with van der Waals surface area (Å²) in [4.78, 5) is 34.4. The number of thiophene rings is 1. The molecular formula is C20H20ClN3O2S2. The minimum atomic E-state index is -0.155. The van der Waals surface area contributed by atoms with Crippen molar-refractivity contribution in [1.82, 2.24) is 9.97 Å². The summed E-state index contributed by atoms with van der Waals surface area (Å²) >= 11 is 8.79. The second-order valence-electron chi connectivity index (χ2n) is 7.20. The highest BCUT2D eigenvalue weighted by molar-refractivity contribution is 7.99. The van der Waals surface area contributed by atoms with Gasteiger partial charge in [0.2, 0.25) is 5.91 Å². The van der Waals surface area contributed by atoms with Gasteiger partial charge in [-0.05, 0) is 61.4 Å². The molecule has 1 aliphatic rings. The molecule has 1 aliphatic carbocycles. The topological polar surface area (TPSA) is 74.8 Å². The molecule has 2 aromatic heterocycles. The number of H-pyrrole nitrogens is 1. The lowest BCUT2D eigenvalue weighted by Gasteiger charge is -2.17. The Morgan fingerprint density at radius 1 is 1.46 bits per heavy atom. The van der Waals surface area contributed by atoms with Crippen molar-refractivity contribution in [2.24, 2.45) is 5.92 Å². The predicted octanol–water partition coefficient (Wildman–Crippen LogP) is 4.80. The van der Waals surface area contributed by atoms with Crippen molar-refractivity contribution in [2.45, 2.75) is 38.3 Å². The Morgan fingerprint density at radius 2 is 2.29 bits per heavy atom. The van der Waals surface area contributed by atoms with Gasteiger partial charge in [0.05, 0.1) is 11.1 Å². The second-order valence-corrected chi connectivity index (χ2v) is 9.68. The summed E-state index contributed by atoms with van der Waals surface area (Å²) in [5, 5.41) is 4.71. The first-order valence-electron chi connectivity index (χ1n) is 9.14. The maximum Gasteiger partial charge on any atom is 0.260 e. The summed E-state index contributed by atoms with van der Waals surface area (Å²) in [5.41, 5.74) is 2.69. The molecule has 0 fully saturated rings. The molecule has 8 heteroatoms. The van der Waals surface area contributed by atoms with E-state index >= 15 is 0 Å². The Labute approximate surface area is 175 Å². The molecule has 0 saturated carbocycles. The zero-order valence-corrected chi connectivity index (χ0v) is 18.0. The van der Waals surface area contributed by atoms with E-state index in [2.05, 4.69) is 22.2 Å². The van der Waals surface area contributed by atoms with Gasteiger partial charge in [0, 0.05) is 15.6 Å². The van der Waals surface area contributed by atoms with E-state index in [0.717, 1.165) is 40.7 Å². The molecule has 0 aliphatic heterocycles. The fourth-order valence-electron chi connectivity index (χ4n) is 3.48. The van der Waals surface area contributed by atoms with Gasteiger partial charge in [0.1, 0.15) is 4.83 Å².